The Morgan fingerprint density at radius 3 is 2.15 bits per heavy atom. The maximum Gasteiger partial charge on any atom is 0.324 e. The van der Waals surface area contributed by atoms with Crippen molar-refractivity contribution in [1.29, 1.82) is 0 Å². The second-order valence-corrected chi connectivity index (χ2v) is 11.2. The van der Waals surface area contributed by atoms with Crippen LogP contribution in [0.4, 0.5) is 4.39 Å². The van der Waals surface area contributed by atoms with Gasteiger partial charge in [0.1, 0.15) is 5.82 Å². The van der Waals surface area contributed by atoms with E-state index in [1.54, 1.807) is 42.5 Å². The van der Waals surface area contributed by atoms with Crippen LogP contribution in [-0.4, -0.2) is 57.6 Å². The summed E-state index contributed by atoms with van der Waals surface area (Å²) in [5.41, 5.74) is 2.13. The number of halogens is 1. The van der Waals surface area contributed by atoms with Crippen molar-refractivity contribution in [2.45, 2.75) is 19.4 Å². The molecule has 0 amide bonds. The highest BCUT2D eigenvalue weighted by atomic mass is 19.1. The molecule has 0 spiro atoms. The van der Waals surface area contributed by atoms with E-state index in [1.165, 1.54) is 6.07 Å². The number of nitrogens with zero attached hydrogens (tertiary/aromatic N) is 3. The summed E-state index contributed by atoms with van der Waals surface area (Å²) in [5.74, 6) is -2.34. The molecule has 0 saturated carbocycles. The van der Waals surface area contributed by atoms with Crippen LogP contribution in [0, 0.1) is 11.2 Å². The van der Waals surface area contributed by atoms with Gasteiger partial charge >= 0.3 is 11.9 Å². The van der Waals surface area contributed by atoms with Crippen molar-refractivity contribution < 1.29 is 33.1 Å². The van der Waals surface area contributed by atoms with Crippen molar-refractivity contribution in [2.75, 3.05) is 19.7 Å². The van der Waals surface area contributed by atoms with Crippen LogP contribution in [0.5, 0.6) is 0 Å². The van der Waals surface area contributed by atoms with Gasteiger partial charge in [-0.15, -0.1) is 0 Å². The molecule has 1 aliphatic heterocycles. The number of ether oxygens (including phenoxy) is 1. The summed E-state index contributed by atoms with van der Waals surface area (Å²) in [6.07, 6.45) is 0.134. The van der Waals surface area contributed by atoms with Crippen LogP contribution in [0.1, 0.15) is 28.8 Å². The maximum absolute atomic E-state index is 14.9. The molecule has 0 atom stereocenters. The van der Waals surface area contributed by atoms with E-state index in [-0.39, 0.29) is 30.3 Å². The average Bonchev–Trinajstić information content (AvgIpc) is 3.59. The molecule has 10 heteroatoms. The number of benzene rings is 4. The Hall–Kier alpha value is -5.48. The Kier molecular flexibility index (Phi) is 8.80. The average molecular weight is 620 g/mol. The van der Waals surface area contributed by atoms with Crippen molar-refractivity contribution in [3.63, 3.8) is 0 Å². The highest BCUT2D eigenvalue weighted by molar-refractivity contribution is 6.02. The van der Waals surface area contributed by atoms with Crippen LogP contribution in [0.3, 0.4) is 0 Å². The summed E-state index contributed by atoms with van der Waals surface area (Å²) in [5, 5.41) is 14.0. The van der Waals surface area contributed by atoms with Crippen molar-refractivity contribution in [1.82, 2.24) is 15.0 Å². The fraction of sp³-hybridized carbons (Fsp3) is 0.194. The van der Waals surface area contributed by atoms with Crippen LogP contribution >= 0.6 is 0 Å². The molecule has 2 heterocycles. The smallest absolute Gasteiger partial charge is 0.324 e. The molecule has 1 aliphatic rings. The van der Waals surface area contributed by atoms with E-state index in [1.807, 2.05) is 54.6 Å². The fourth-order valence-corrected chi connectivity index (χ4v) is 5.55. The van der Waals surface area contributed by atoms with E-state index in [4.69, 9.17) is 9.26 Å². The van der Waals surface area contributed by atoms with Gasteiger partial charge in [0.25, 0.3) is 5.89 Å². The van der Waals surface area contributed by atoms with Crippen LogP contribution < -0.4 is 0 Å². The van der Waals surface area contributed by atoms with Gasteiger partial charge in [0.2, 0.25) is 5.82 Å². The number of carbonyl (C=O) groups is 3. The van der Waals surface area contributed by atoms with Gasteiger partial charge in [-0.05, 0) is 36.1 Å². The predicted octanol–water partition coefficient (Wildman–Crippen LogP) is 6.30. The quantitative estimate of drug-likeness (QED) is 0.109. The van der Waals surface area contributed by atoms with Gasteiger partial charge < -0.3 is 14.4 Å². The van der Waals surface area contributed by atoms with Gasteiger partial charge in [-0.1, -0.05) is 96.2 Å². The number of carbonyl (C=O) groups excluding carboxylic acids is 2. The summed E-state index contributed by atoms with van der Waals surface area (Å²) in [6, 6.07) is 30.0. The standard InChI is InChI=1S/C36H30FN3O6/c37-30-21-28(15-16-29(30)25-7-3-1-4-8-25)33-38-32(39-46-33)27-13-11-24(12-14-27)22-40-19-17-36(18-20-40,34(42)43)35(44)45-23-31(41)26-9-5-2-6-10-26/h1-16,21H,17-20,22-23H2,(H,42,43). The fourth-order valence-electron chi connectivity index (χ4n) is 5.55. The van der Waals surface area contributed by atoms with Crippen LogP contribution in [-0.2, 0) is 20.9 Å². The number of carboxylic acids is 1. The van der Waals surface area contributed by atoms with Gasteiger partial charge in [0.15, 0.2) is 17.8 Å². The Morgan fingerprint density at radius 1 is 0.848 bits per heavy atom. The van der Waals surface area contributed by atoms with Gasteiger partial charge in [-0.25, -0.2) is 4.39 Å². The molecule has 1 fully saturated rings. The molecular weight excluding hydrogens is 589 g/mol. The van der Waals surface area contributed by atoms with Crippen molar-refractivity contribution in [3.05, 3.63) is 120 Å². The molecule has 46 heavy (non-hydrogen) atoms. The highest BCUT2D eigenvalue weighted by Crippen LogP contribution is 2.34. The number of likely N-dealkylation sites (tertiary alicyclic amines) is 1. The normalized spacial score (nSPS) is 14.5. The number of ketones is 1. The molecule has 6 rings (SSSR count). The molecule has 5 aromatic rings. The first-order valence-electron chi connectivity index (χ1n) is 14.8. The third kappa shape index (κ3) is 6.47. The first-order valence-corrected chi connectivity index (χ1v) is 14.8. The lowest BCUT2D eigenvalue weighted by Gasteiger charge is -2.37. The van der Waals surface area contributed by atoms with E-state index in [9.17, 15) is 23.9 Å². The number of esters is 1. The monoisotopic (exact) mass is 619 g/mol. The Morgan fingerprint density at radius 2 is 1.50 bits per heavy atom. The predicted molar refractivity (Wildman–Crippen MR) is 167 cm³/mol. The molecular formula is C36H30FN3O6. The van der Waals surface area contributed by atoms with E-state index in [0.717, 1.165) is 16.7 Å². The summed E-state index contributed by atoms with van der Waals surface area (Å²) in [4.78, 5) is 44.0. The first-order chi connectivity index (χ1) is 22.3. The molecule has 1 N–H and O–H groups in total. The molecule has 0 radical (unpaired) electrons. The number of aliphatic carboxylic acids is 1. The molecule has 4 aromatic carbocycles. The summed E-state index contributed by atoms with van der Waals surface area (Å²) in [7, 11) is 0. The number of aromatic nitrogens is 2. The number of hydrogen-bond acceptors (Lipinski definition) is 8. The summed E-state index contributed by atoms with van der Waals surface area (Å²) >= 11 is 0. The third-order valence-corrected chi connectivity index (χ3v) is 8.29. The third-order valence-electron chi connectivity index (χ3n) is 8.29. The van der Waals surface area contributed by atoms with Gasteiger partial charge in [0.05, 0.1) is 0 Å². The molecule has 0 bridgehead atoms. The highest BCUT2D eigenvalue weighted by Gasteiger charge is 2.49. The van der Waals surface area contributed by atoms with Crippen LogP contribution in [0.25, 0.3) is 34.0 Å². The molecule has 0 unspecified atom stereocenters. The van der Waals surface area contributed by atoms with E-state index in [0.29, 0.717) is 42.1 Å². The second-order valence-electron chi connectivity index (χ2n) is 11.2. The summed E-state index contributed by atoms with van der Waals surface area (Å²) < 4.78 is 25.5. The first kappa shape index (κ1) is 30.5. The largest absolute Gasteiger partial charge is 0.480 e. The van der Waals surface area contributed by atoms with Crippen molar-refractivity contribution in [2.24, 2.45) is 5.41 Å². The van der Waals surface area contributed by atoms with Crippen molar-refractivity contribution >= 4 is 17.7 Å². The zero-order valence-electron chi connectivity index (χ0n) is 24.8. The Labute approximate surface area is 264 Å². The lowest BCUT2D eigenvalue weighted by atomic mass is 9.78. The number of carboxylic acid groups (broad SMARTS) is 1. The van der Waals surface area contributed by atoms with Crippen LogP contribution in [0.2, 0.25) is 0 Å². The minimum absolute atomic E-state index is 0.0668. The molecule has 1 saturated heterocycles. The topological polar surface area (TPSA) is 123 Å². The molecule has 9 nitrogen and oxygen atoms in total. The van der Waals surface area contributed by atoms with E-state index >= 15 is 0 Å². The summed E-state index contributed by atoms with van der Waals surface area (Å²) in [6.45, 7) is 0.766. The second kappa shape index (κ2) is 13.3. The SMILES string of the molecule is O=C(COC(=O)C1(C(=O)O)CCN(Cc2ccc(-c3noc(-c4ccc(-c5ccccc5)c(F)c4)n3)cc2)CC1)c1ccccc1. The van der Waals surface area contributed by atoms with E-state index in [2.05, 4.69) is 15.0 Å². The molecule has 232 valence electrons. The lowest BCUT2D eigenvalue weighted by Crippen LogP contribution is -2.49. The Balaban J connectivity index is 1.05. The molecule has 1 aromatic heterocycles. The molecule has 0 aliphatic carbocycles. The minimum atomic E-state index is -1.70. The van der Waals surface area contributed by atoms with Gasteiger partial charge in [-0.2, -0.15) is 4.98 Å². The van der Waals surface area contributed by atoms with Crippen LogP contribution in [0.15, 0.2) is 108 Å². The van der Waals surface area contributed by atoms with Crippen molar-refractivity contribution in [3.8, 4) is 34.0 Å². The zero-order valence-corrected chi connectivity index (χ0v) is 24.8. The van der Waals surface area contributed by atoms with Gasteiger partial charge in [-0.3, -0.25) is 19.3 Å². The maximum atomic E-state index is 14.9. The van der Waals surface area contributed by atoms with E-state index < -0.39 is 24.0 Å². The minimum Gasteiger partial charge on any atom is -0.480 e. The lowest BCUT2D eigenvalue weighted by molar-refractivity contribution is -0.172. The van der Waals surface area contributed by atoms with Gasteiger partial charge in [0, 0.05) is 41.9 Å². The Bertz CT molecular complexity index is 1850. The number of hydrogen-bond donors (Lipinski definition) is 1. The zero-order chi connectivity index (χ0) is 32.1. The number of Topliss-reactive ketones (excluding diaryl/α,β-unsaturated/α-hetero) is 1. The number of rotatable bonds is 10. The number of piperidine rings is 1.